The van der Waals surface area contributed by atoms with E-state index in [-0.39, 0.29) is 29.7 Å². The van der Waals surface area contributed by atoms with Gasteiger partial charge in [0.1, 0.15) is 12.6 Å². The van der Waals surface area contributed by atoms with Crippen LogP contribution in [0.1, 0.15) is 206 Å². The van der Waals surface area contributed by atoms with Crippen molar-refractivity contribution in [3.8, 4) is 0 Å². The van der Waals surface area contributed by atoms with Crippen LogP contribution in [0.2, 0.25) is 0 Å². The molecule has 5 heteroatoms. The van der Waals surface area contributed by atoms with Gasteiger partial charge >= 0.3 is 0 Å². The van der Waals surface area contributed by atoms with Crippen LogP contribution in [0.3, 0.4) is 0 Å². The molecule has 0 rings (SSSR count). The Hall–Kier alpha value is -0.200. The summed E-state index contributed by atoms with van der Waals surface area (Å²) in [4.78, 5) is 0. The molecule has 0 aromatic heterocycles. The Morgan fingerprint density at radius 1 is 0.480 bits per heavy atom. The maximum Gasteiger partial charge on any atom is 0.130 e. The average molecular weight is 773 g/mol. The van der Waals surface area contributed by atoms with Gasteiger partial charge in [0.15, 0.2) is 0 Å². The Morgan fingerprint density at radius 3 is 1.28 bits per heavy atom. The van der Waals surface area contributed by atoms with Crippen molar-refractivity contribution >= 4 is 0 Å². The number of halogens is 1. The Labute approximate surface area is 325 Å². The highest BCUT2D eigenvalue weighted by atomic mass is 79.9. The second-order valence-corrected chi connectivity index (χ2v) is 15.7. The van der Waals surface area contributed by atoms with Crippen molar-refractivity contribution < 1.29 is 36.0 Å². The lowest BCUT2D eigenvalue weighted by molar-refractivity contribution is -0.893. The summed E-state index contributed by atoms with van der Waals surface area (Å²) < 4.78 is 13.5. The molecular weight excluding hydrogens is 682 g/mol. The summed E-state index contributed by atoms with van der Waals surface area (Å²) in [6.45, 7) is 9.32. The molecule has 0 aliphatic heterocycles. The molecular formula is C45H90BrNO3. The first kappa shape index (κ1) is 51.9. The molecule has 0 bridgehead atoms. The second-order valence-electron chi connectivity index (χ2n) is 15.7. The summed E-state index contributed by atoms with van der Waals surface area (Å²) in [6.07, 6.45) is 49.2. The molecule has 0 spiro atoms. The summed E-state index contributed by atoms with van der Waals surface area (Å²) in [5.74, 6) is 0. The third kappa shape index (κ3) is 42.2. The lowest BCUT2D eigenvalue weighted by atomic mass is 10.1. The number of hydrogen-bond acceptors (Lipinski definition) is 3. The number of allylic oxidation sites excluding steroid dienone is 4. The minimum atomic E-state index is 0. The van der Waals surface area contributed by atoms with Crippen molar-refractivity contribution in [1.29, 1.82) is 0 Å². The molecule has 1 unspecified atom stereocenters. The van der Waals surface area contributed by atoms with E-state index in [1.54, 1.807) is 0 Å². The van der Waals surface area contributed by atoms with Crippen LogP contribution in [0.25, 0.3) is 0 Å². The smallest absolute Gasteiger partial charge is 0.130 e. The van der Waals surface area contributed by atoms with Gasteiger partial charge in [-0.05, 0) is 77.0 Å². The van der Waals surface area contributed by atoms with Crippen molar-refractivity contribution in [2.24, 2.45) is 0 Å². The molecule has 0 aliphatic rings. The lowest BCUT2D eigenvalue weighted by Crippen LogP contribution is -3.00. The van der Waals surface area contributed by atoms with Gasteiger partial charge in [-0.2, -0.15) is 0 Å². The fourth-order valence-corrected chi connectivity index (χ4v) is 6.71. The number of unbranched alkanes of at least 4 members (excludes halogenated alkanes) is 25. The van der Waals surface area contributed by atoms with E-state index in [1.165, 1.54) is 167 Å². The van der Waals surface area contributed by atoms with Crippen molar-refractivity contribution in [3.63, 3.8) is 0 Å². The largest absolute Gasteiger partial charge is 1.00 e. The van der Waals surface area contributed by atoms with E-state index in [1.807, 2.05) is 0 Å². The van der Waals surface area contributed by atoms with Gasteiger partial charge in [0.2, 0.25) is 0 Å². The fraction of sp³-hybridized carbons (Fsp3) is 0.911. The van der Waals surface area contributed by atoms with Crippen molar-refractivity contribution in [2.75, 3.05) is 53.6 Å². The van der Waals surface area contributed by atoms with Crippen LogP contribution in [0.4, 0.5) is 0 Å². The van der Waals surface area contributed by atoms with E-state index < -0.39 is 0 Å². The molecule has 0 aromatic rings. The van der Waals surface area contributed by atoms with E-state index in [9.17, 15) is 5.11 Å². The molecule has 4 nitrogen and oxygen atoms in total. The van der Waals surface area contributed by atoms with Gasteiger partial charge in [-0.15, -0.1) is 0 Å². The first-order valence-electron chi connectivity index (χ1n) is 22.0. The van der Waals surface area contributed by atoms with E-state index in [0.29, 0.717) is 6.61 Å². The maximum absolute atomic E-state index is 9.22. The highest BCUT2D eigenvalue weighted by Gasteiger charge is 2.22. The molecule has 0 fully saturated rings. The first-order valence-corrected chi connectivity index (χ1v) is 22.0. The summed E-state index contributed by atoms with van der Waals surface area (Å²) in [5, 5.41) is 9.22. The number of likely N-dealkylation sites (N-methyl/N-ethyl adjacent to an activating group) is 1. The van der Waals surface area contributed by atoms with Crippen LogP contribution in [-0.2, 0) is 9.47 Å². The third-order valence-electron chi connectivity index (χ3n) is 9.98. The molecule has 1 atom stereocenters. The normalized spacial score (nSPS) is 12.7. The Balaban J connectivity index is 0. The zero-order chi connectivity index (χ0) is 35.8. The summed E-state index contributed by atoms with van der Waals surface area (Å²) in [5.41, 5.74) is 0. The van der Waals surface area contributed by atoms with E-state index in [0.717, 1.165) is 56.5 Å². The van der Waals surface area contributed by atoms with Crippen LogP contribution in [0.5, 0.6) is 0 Å². The standard InChI is InChI=1S/C45H90NO3.BrH/c1-5-7-9-11-13-15-17-19-21-23-25-27-29-31-33-37-41-48-44-45(43-46(3,4)39-35-36-40-47)49-42-38-34-32-30-28-26-24-22-20-18-16-14-12-10-8-6-2;/h19-22,45,47H,5-18,23-44H2,1-4H3;1H/q+1;/p-1/b21-19-,22-20-;. The summed E-state index contributed by atoms with van der Waals surface area (Å²) in [6, 6.07) is 0. The van der Waals surface area contributed by atoms with Crippen LogP contribution in [0, 0.1) is 0 Å². The van der Waals surface area contributed by atoms with Crippen LogP contribution >= 0.6 is 0 Å². The molecule has 0 aliphatic carbocycles. The fourth-order valence-electron chi connectivity index (χ4n) is 6.71. The number of hydrogen-bond donors (Lipinski definition) is 1. The Kier molecular flexibility index (Phi) is 44.9. The molecule has 0 radical (unpaired) electrons. The Morgan fingerprint density at radius 2 is 0.860 bits per heavy atom. The predicted octanol–water partition coefficient (Wildman–Crippen LogP) is 10.3. The first-order chi connectivity index (χ1) is 24.1. The minimum absolute atomic E-state index is 0. The highest BCUT2D eigenvalue weighted by Crippen LogP contribution is 2.13. The quantitative estimate of drug-likeness (QED) is 0.0382. The van der Waals surface area contributed by atoms with Gasteiger partial charge < -0.3 is 36.0 Å². The number of aliphatic hydroxyl groups is 1. The van der Waals surface area contributed by atoms with Gasteiger partial charge in [-0.1, -0.05) is 154 Å². The zero-order valence-electron chi connectivity index (χ0n) is 34.4. The van der Waals surface area contributed by atoms with E-state index >= 15 is 0 Å². The zero-order valence-corrected chi connectivity index (χ0v) is 36.0. The SMILES string of the molecule is CCCCCCCC/C=C\CCCCCCCCOCC(C[N+](C)(C)CCCCO)OCCCCCCCC/C=C\CCCCCCCC.[Br-]. The van der Waals surface area contributed by atoms with Crippen LogP contribution in [0.15, 0.2) is 24.3 Å². The number of rotatable bonds is 41. The summed E-state index contributed by atoms with van der Waals surface area (Å²) in [7, 11) is 4.59. The van der Waals surface area contributed by atoms with Gasteiger partial charge in [-0.3, -0.25) is 0 Å². The van der Waals surface area contributed by atoms with E-state index in [4.69, 9.17) is 9.47 Å². The van der Waals surface area contributed by atoms with Crippen molar-refractivity contribution in [2.45, 2.75) is 213 Å². The molecule has 0 amide bonds. The van der Waals surface area contributed by atoms with Crippen LogP contribution in [-0.4, -0.2) is 69.3 Å². The van der Waals surface area contributed by atoms with Crippen molar-refractivity contribution in [1.82, 2.24) is 0 Å². The molecule has 0 heterocycles. The number of nitrogens with zero attached hydrogens (tertiary/aromatic N) is 1. The predicted molar refractivity (Wildman–Crippen MR) is 218 cm³/mol. The number of quaternary nitrogens is 1. The molecule has 300 valence electrons. The second kappa shape index (κ2) is 43.2. The monoisotopic (exact) mass is 772 g/mol. The maximum atomic E-state index is 9.22. The van der Waals surface area contributed by atoms with E-state index in [2.05, 4.69) is 52.2 Å². The third-order valence-corrected chi connectivity index (χ3v) is 9.98. The van der Waals surface area contributed by atoms with Gasteiger partial charge in [0.05, 0.1) is 27.2 Å². The van der Waals surface area contributed by atoms with Crippen molar-refractivity contribution in [3.05, 3.63) is 24.3 Å². The molecule has 0 saturated carbocycles. The lowest BCUT2D eigenvalue weighted by Gasteiger charge is -2.33. The number of ether oxygens (including phenoxy) is 2. The highest BCUT2D eigenvalue weighted by molar-refractivity contribution is 4.82. The molecule has 50 heavy (non-hydrogen) atoms. The molecule has 0 saturated heterocycles. The molecule has 1 N–H and O–H groups in total. The minimum Gasteiger partial charge on any atom is -1.00 e. The van der Waals surface area contributed by atoms with Gasteiger partial charge in [0, 0.05) is 19.8 Å². The Bertz CT molecular complexity index is 683. The number of aliphatic hydroxyl groups excluding tert-OH is 1. The van der Waals surface area contributed by atoms with Crippen LogP contribution < -0.4 is 17.0 Å². The topological polar surface area (TPSA) is 38.7 Å². The summed E-state index contributed by atoms with van der Waals surface area (Å²) >= 11 is 0. The van der Waals surface area contributed by atoms with Gasteiger partial charge in [-0.25, -0.2) is 0 Å². The average Bonchev–Trinajstić information content (AvgIpc) is 3.08. The molecule has 0 aromatic carbocycles. The van der Waals surface area contributed by atoms with Gasteiger partial charge in [0.25, 0.3) is 0 Å².